The number of aromatic nitrogens is 1. The molecule has 5 rings (SSSR count). The van der Waals surface area contributed by atoms with Gasteiger partial charge in [-0.05, 0) is 53.8 Å². The van der Waals surface area contributed by atoms with Crippen LogP contribution in [0.5, 0.6) is 0 Å². The number of hydrogen-bond donors (Lipinski definition) is 0. The zero-order chi connectivity index (χ0) is 21.4. The largest absolute Gasteiger partial charge is 0.439 e. The minimum atomic E-state index is -0.0274. The van der Waals surface area contributed by atoms with Gasteiger partial charge in [-0.1, -0.05) is 65.7 Å². The summed E-state index contributed by atoms with van der Waals surface area (Å²) in [5.74, 6) is 0.831. The van der Waals surface area contributed by atoms with Gasteiger partial charge in [-0.25, -0.2) is 4.98 Å². The highest BCUT2D eigenvalue weighted by Gasteiger charge is 2.45. The van der Waals surface area contributed by atoms with Crippen molar-refractivity contribution in [1.29, 1.82) is 0 Å². The Morgan fingerprint density at radius 3 is 2.58 bits per heavy atom. The van der Waals surface area contributed by atoms with Crippen LogP contribution in [0.2, 0.25) is 10.0 Å². The highest BCUT2D eigenvalue weighted by molar-refractivity contribution is 6.31. The number of rotatable bonds is 6. The second-order valence-electron chi connectivity index (χ2n) is 7.90. The van der Waals surface area contributed by atoms with Crippen molar-refractivity contribution < 1.29 is 9.21 Å². The van der Waals surface area contributed by atoms with E-state index in [2.05, 4.69) is 17.1 Å². The van der Waals surface area contributed by atoms with Crippen LogP contribution < -0.4 is 0 Å². The Kier molecular flexibility index (Phi) is 5.43. The molecule has 2 atom stereocenters. The standard InChI is InChI=1S/C25H20Cl2N2O2/c26-18-8-4-5-16(11-18)14-29(15-24-28-22-12-19(27)9-10-23(22)31-24)25(30)21-13-20(21)17-6-2-1-3-7-17/h1-12,20-21H,13-15H2/t20-,21-/m1/s1. The molecule has 1 aliphatic rings. The fourth-order valence-electron chi connectivity index (χ4n) is 4.02. The number of fused-ring (bicyclic) bond motifs is 1. The van der Waals surface area contributed by atoms with Crippen molar-refractivity contribution in [1.82, 2.24) is 9.88 Å². The molecule has 4 aromatic rings. The summed E-state index contributed by atoms with van der Waals surface area (Å²) in [6.45, 7) is 0.729. The van der Waals surface area contributed by atoms with E-state index in [0.29, 0.717) is 33.6 Å². The maximum atomic E-state index is 13.5. The van der Waals surface area contributed by atoms with Crippen LogP contribution in [0.1, 0.15) is 29.4 Å². The Morgan fingerprint density at radius 1 is 0.968 bits per heavy atom. The summed E-state index contributed by atoms with van der Waals surface area (Å²) in [7, 11) is 0. The van der Waals surface area contributed by atoms with Gasteiger partial charge in [0.25, 0.3) is 0 Å². The predicted octanol–water partition coefficient (Wildman–Crippen LogP) is 6.47. The molecule has 3 aromatic carbocycles. The van der Waals surface area contributed by atoms with Crippen molar-refractivity contribution in [2.24, 2.45) is 5.92 Å². The van der Waals surface area contributed by atoms with Crippen molar-refractivity contribution in [3.63, 3.8) is 0 Å². The van der Waals surface area contributed by atoms with Crippen LogP contribution in [0, 0.1) is 5.92 Å². The number of carbonyl (C=O) groups excluding carboxylic acids is 1. The number of hydrogen-bond acceptors (Lipinski definition) is 3. The van der Waals surface area contributed by atoms with E-state index in [4.69, 9.17) is 27.6 Å². The van der Waals surface area contributed by atoms with Crippen LogP contribution >= 0.6 is 23.2 Å². The van der Waals surface area contributed by atoms with E-state index in [1.807, 2.05) is 47.4 Å². The smallest absolute Gasteiger partial charge is 0.227 e. The third kappa shape index (κ3) is 4.46. The Morgan fingerprint density at radius 2 is 1.77 bits per heavy atom. The Labute approximate surface area is 190 Å². The summed E-state index contributed by atoms with van der Waals surface area (Å²) < 4.78 is 5.89. The number of oxazole rings is 1. The third-order valence-corrected chi connectivity index (χ3v) is 6.10. The lowest BCUT2D eigenvalue weighted by Crippen LogP contribution is -2.32. The maximum absolute atomic E-state index is 13.5. The van der Waals surface area contributed by atoms with E-state index in [0.717, 1.165) is 12.0 Å². The lowest BCUT2D eigenvalue weighted by molar-refractivity contribution is -0.134. The SMILES string of the molecule is O=C([C@@H]1C[C@@H]1c1ccccc1)N(Cc1cccc(Cl)c1)Cc1nc2cc(Cl)ccc2o1. The summed E-state index contributed by atoms with van der Waals surface area (Å²) in [4.78, 5) is 19.8. The van der Waals surface area contributed by atoms with E-state index >= 15 is 0 Å². The summed E-state index contributed by atoms with van der Waals surface area (Å²) in [5, 5.41) is 1.25. The molecule has 4 nitrogen and oxygen atoms in total. The van der Waals surface area contributed by atoms with Crippen LogP contribution in [0.15, 0.2) is 77.2 Å². The van der Waals surface area contributed by atoms with Crippen LogP contribution in [-0.2, 0) is 17.9 Å². The molecule has 0 aliphatic heterocycles. The number of benzene rings is 3. The van der Waals surface area contributed by atoms with Gasteiger partial charge in [-0.2, -0.15) is 0 Å². The average molecular weight is 451 g/mol. The molecule has 0 saturated heterocycles. The second kappa shape index (κ2) is 8.37. The molecule has 0 radical (unpaired) electrons. The Bertz CT molecular complexity index is 1240. The summed E-state index contributed by atoms with van der Waals surface area (Å²) in [5.41, 5.74) is 3.52. The quantitative estimate of drug-likeness (QED) is 0.338. The van der Waals surface area contributed by atoms with Gasteiger partial charge in [-0.15, -0.1) is 0 Å². The second-order valence-corrected chi connectivity index (χ2v) is 8.78. The molecular weight excluding hydrogens is 431 g/mol. The van der Waals surface area contributed by atoms with Crippen molar-refractivity contribution in [2.45, 2.75) is 25.4 Å². The maximum Gasteiger partial charge on any atom is 0.227 e. The molecular formula is C25H20Cl2N2O2. The molecule has 6 heteroatoms. The fraction of sp³-hybridized carbons (Fsp3) is 0.200. The van der Waals surface area contributed by atoms with Crippen molar-refractivity contribution >= 4 is 40.2 Å². The molecule has 1 saturated carbocycles. The fourth-order valence-corrected chi connectivity index (χ4v) is 4.40. The first-order valence-electron chi connectivity index (χ1n) is 10.2. The van der Waals surface area contributed by atoms with E-state index in [9.17, 15) is 4.79 Å². The van der Waals surface area contributed by atoms with Crippen molar-refractivity contribution in [3.8, 4) is 0 Å². The molecule has 0 unspecified atom stereocenters. The van der Waals surface area contributed by atoms with Gasteiger partial charge in [0.15, 0.2) is 5.58 Å². The summed E-state index contributed by atoms with van der Waals surface area (Å²) in [6, 6.07) is 23.1. The van der Waals surface area contributed by atoms with Gasteiger partial charge in [0, 0.05) is 22.5 Å². The molecule has 1 amide bonds. The van der Waals surface area contributed by atoms with Gasteiger partial charge < -0.3 is 9.32 Å². The Hall–Kier alpha value is -2.82. The number of halogens is 2. The van der Waals surface area contributed by atoms with Crippen molar-refractivity contribution in [3.05, 3.63) is 99.9 Å². The Balaban J connectivity index is 1.40. The van der Waals surface area contributed by atoms with E-state index < -0.39 is 0 Å². The van der Waals surface area contributed by atoms with Crippen LogP contribution in [0.3, 0.4) is 0 Å². The highest BCUT2D eigenvalue weighted by Crippen LogP contribution is 2.48. The van der Waals surface area contributed by atoms with E-state index in [-0.39, 0.29) is 24.3 Å². The van der Waals surface area contributed by atoms with Gasteiger partial charge >= 0.3 is 0 Å². The van der Waals surface area contributed by atoms with Crippen LogP contribution in [0.4, 0.5) is 0 Å². The molecule has 0 bridgehead atoms. The van der Waals surface area contributed by atoms with Gasteiger partial charge in [0.1, 0.15) is 5.52 Å². The van der Waals surface area contributed by atoms with Crippen molar-refractivity contribution in [2.75, 3.05) is 0 Å². The zero-order valence-electron chi connectivity index (χ0n) is 16.7. The lowest BCUT2D eigenvalue weighted by atomic mass is 10.1. The monoisotopic (exact) mass is 450 g/mol. The third-order valence-electron chi connectivity index (χ3n) is 5.63. The van der Waals surface area contributed by atoms with Crippen LogP contribution in [-0.4, -0.2) is 15.8 Å². The van der Waals surface area contributed by atoms with E-state index in [1.54, 1.807) is 18.2 Å². The average Bonchev–Trinajstić information content (AvgIpc) is 3.47. The predicted molar refractivity (Wildman–Crippen MR) is 122 cm³/mol. The molecule has 1 aliphatic carbocycles. The first-order chi connectivity index (χ1) is 15.1. The summed E-state index contributed by atoms with van der Waals surface area (Å²) in [6.07, 6.45) is 0.859. The molecule has 31 heavy (non-hydrogen) atoms. The van der Waals surface area contributed by atoms with E-state index in [1.165, 1.54) is 5.56 Å². The molecule has 0 N–H and O–H groups in total. The van der Waals surface area contributed by atoms with Gasteiger partial charge in [0.2, 0.25) is 11.8 Å². The van der Waals surface area contributed by atoms with Gasteiger partial charge in [0.05, 0.1) is 6.54 Å². The number of carbonyl (C=O) groups is 1. The van der Waals surface area contributed by atoms with Crippen LogP contribution in [0.25, 0.3) is 11.1 Å². The normalized spacial score (nSPS) is 17.6. The number of amides is 1. The highest BCUT2D eigenvalue weighted by atomic mass is 35.5. The zero-order valence-corrected chi connectivity index (χ0v) is 18.2. The number of nitrogens with zero attached hydrogens (tertiary/aromatic N) is 2. The van der Waals surface area contributed by atoms with Gasteiger partial charge in [-0.3, -0.25) is 4.79 Å². The topological polar surface area (TPSA) is 46.3 Å². The molecule has 156 valence electrons. The molecule has 1 heterocycles. The molecule has 0 spiro atoms. The summed E-state index contributed by atoms with van der Waals surface area (Å²) >= 11 is 12.2. The minimum Gasteiger partial charge on any atom is -0.439 e. The first-order valence-corrected chi connectivity index (χ1v) is 11.0. The molecule has 1 aromatic heterocycles. The molecule has 1 fully saturated rings. The minimum absolute atomic E-state index is 0.0274. The first kappa shape index (κ1) is 20.1. The lowest BCUT2D eigenvalue weighted by Gasteiger charge is -2.22.